The first-order valence-electron chi connectivity index (χ1n) is 16.4. The van der Waals surface area contributed by atoms with Crippen LogP contribution in [0.5, 0.6) is 0 Å². The molecule has 1 atom stereocenters. The number of phosphoric acid groups is 1. The molecule has 0 aromatic rings. The van der Waals surface area contributed by atoms with E-state index in [1.165, 1.54) is 51.9 Å². The predicted molar refractivity (Wildman–Crippen MR) is 165 cm³/mol. The standard InChI is InChI=1S/C31H60NO9P/c1-3-4-5-6-7-8-9-11-15-18-21-24-31(35)41-29(27-40-42(36,37)38)26-39-30(34)23-20-17-14-12-10-13-16-19-22-25-32-28(2)33/h29H,3-27H2,1-2H3,(H,32,33)(H2,36,37,38)/t29-/m1/s1. The highest BCUT2D eigenvalue weighted by atomic mass is 31.2. The molecule has 11 heteroatoms. The van der Waals surface area contributed by atoms with Crippen molar-refractivity contribution in [1.29, 1.82) is 0 Å². The second-order valence-electron chi connectivity index (χ2n) is 11.3. The van der Waals surface area contributed by atoms with Crippen molar-refractivity contribution in [2.75, 3.05) is 19.8 Å². The summed E-state index contributed by atoms with van der Waals surface area (Å²) in [5, 5.41) is 2.80. The first-order chi connectivity index (χ1) is 20.1. The Morgan fingerprint density at radius 1 is 0.643 bits per heavy atom. The van der Waals surface area contributed by atoms with Crippen molar-refractivity contribution in [3.05, 3.63) is 0 Å². The third-order valence-corrected chi connectivity index (χ3v) is 7.56. The zero-order valence-electron chi connectivity index (χ0n) is 26.5. The Bertz CT molecular complexity index is 729. The molecule has 0 spiro atoms. The van der Waals surface area contributed by atoms with Crippen molar-refractivity contribution < 1.29 is 42.7 Å². The quantitative estimate of drug-likeness (QED) is 0.0427. The maximum absolute atomic E-state index is 12.3. The fraction of sp³-hybridized carbons (Fsp3) is 0.903. The van der Waals surface area contributed by atoms with Gasteiger partial charge in [-0.3, -0.25) is 18.9 Å². The number of carbonyl (C=O) groups is 3. The highest BCUT2D eigenvalue weighted by molar-refractivity contribution is 7.46. The van der Waals surface area contributed by atoms with E-state index in [2.05, 4.69) is 16.8 Å². The smallest absolute Gasteiger partial charge is 0.462 e. The maximum atomic E-state index is 12.3. The van der Waals surface area contributed by atoms with Gasteiger partial charge in [0, 0.05) is 26.3 Å². The predicted octanol–water partition coefficient (Wildman–Crippen LogP) is 7.29. The lowest BCUT2D eigenvalue weighted by atomic mass is 10.1. The van der Waals surface area contributed by atoms with Crippen molar-refractivity contribution in [2.45, 2.75) is 161 Å². The summed E-state index contributed by atoms with van der Waals surface area (Å²) < 4.78 is 26.1. The minimum atomic E-state index is -4.75. The largest absolute Gasteiger partial charge is 0.469 e. The zero-order valence-corrected chi connectivity index (χ0v) is 27.3. The lowest BCUT2D eigenvalue weighted by molar-refractivity contribution is -0.161. The Labute approximate surface area is 254 Å². The SMILES string of the molecule is CCCCCCCCCCCCCC(=O)O[C@H](COC(=O)CCCCCCCCCCCNC(C)=O)COP(=O)(O)O. The van der Waals surface area contributed by atoms with Gasteiger partial charge in [-0.15, -0.1) is 0 Å². The molecule has 0 aliphatic rings. The van der Waals surface area contributed by atoms with E-state index in [9.17, 15) is 18.9 Å². The molecule has 3 N–H and O–H groups in total. The number of unbranched alkanes of at least 4 members (excludes halogenated alkanes) is 18. The third kappa shape index (κ3) is 31.5. The molecule has 42 heavy (non-hydrogen) atoms. The molecule has 0 aliphatic carbocycles. The Hall–Kier alpha value is -1.48. The first-order valence-corrected chi connectivity index (χ1v) is 18.0. The number of nitrogens with one attached hydrogen (secondary N) is 1. The molecule has 0 rings (SSSR count). The van der Waals surface area contributed by atoms with Gasteiger partial charge < -0.3 is 24.6 Å². The van der Waals surface area contributed by atoms with Crippen LogP contribution in [0.4, 0.5) is 0 Å². The molecule has 0 saturated carbocycles. The first kappa shape index (κ1) is 40.5. The molecule has 0 bridgehead atoms. The van der Waals surface area contributed by atoms with Crippen LogP contribution < -0.4 is 5.32 Å². The molecule has 0 heterocycles. The molecule has 0 aromatic carbocycles. The normalized spacial score (nSPS) is 12.2. The van der Waals surface area contributed by atoms with E-state index in [1.807, 2.05) is 0 Å². The number of amides is 1. The summed E-state index contributed by atoms with van der Waals surface area (Å²) in [5.74, 6) is -0.910. The van der Waals surface area contributed by atoms with Crippen LogP contribution in [-0.4, -0.2) is 53.5 Å². The van der Waals surface area contributed by atoms with E-state index < -0.39 is 32.5 Å². The molecule has 0 aromatic heterocycles. The Morgan fingerprint density at radius 3 is 1.52 bits per heavy atom. The average molecular weight is 622 g/mol. The van der Waals surface area contributed by atoms with Gasteiger partial charge in [-0.05, 0) is 19.3 Å². The summed E-state index contributed by atoms with van der Waals surface area (Å²) in [4.78, 5) is 53.2. The van der Waals surface area contributed by atoms with Crippen LogP contribution in [0.1, 0.15) is 155 Å². The van der Waals surface area contributed by atoms with Crippen molar-refractivity contribution in [2.24, 2.45) is 0 Å². The topological polar surface area (TPSA) is 148 Å². The second-order valence-corrected chi connectivity index (χ2v) is 12.5. The van der Waals surface area contributed by atoms with Crippen molar-refractivity contribution >= 4 is 25.7 Å². The van der Waals surface area contributed by atoms with Crippen molar-refractivity contribution in [3.63, 3.8) is 0 Å². The summed E-state index contributed by atoms with van der Waals surface area (Å²) >= 11 is 0. The van der Waals surface area contributed by atoms with Crippen LogP contribution in [0.15, 0.2) is 0 Å². The van der Waals surface area contributed by atoms with Gasteiger partial charge in [-0.25, -0.2) is 4.57 Å². The van der Waals surface area contributed by atoms with E-state index in [4.69, 9.17) is 19.3 Å². The molecule has 0 saturated heterocycles. The van der Waals surface area contributed by atoms with Crippen LogP contribution in [0.3, 0.4) is 0 Å². The van der Waals surface area contributed by atoms with Gasteiger partial charge >= 0.3 is 19.8 Å². The van der Waals surface area contributed by atoms with Crippen LogP contribution in [0.25, 0.3) is 0 Å². The van der Waals surface area contributed by atoms with E-state index in [0.29, 0.717) is 12.8 Å². The van der Waals surface area contributed by atoms with E-state index in [-0.39, 0.29) is 25.4 Å². The fourth-order valence-corrected chi connectivity index (χ4v) is 4.99. The summed E-state index contributed by atoms with van der Waals surface area (Å²) in [5.41, 5.74) is 0. The summed E-state index contributed by atoms with van der Waals surface area (Å²) in [6, 6.07) is 0. The maximum Gasteiger partial charge on any atom is 0.469 e. The molecule has 0 fully saturated rings. The van der Waals surface area contributed by atoms with Gasteiger partial charge in [0.2, 0.25) is 5.91 Å². The van der Waals surface area contributed by atoms with Crippen LogP contribution >= 0.6 is 7.82 Å². The summed E-state index contributed by atoms with van der Waals surface area (Å²) in [7, 11) is -4.75. The van der Waals surface area contributed by atoms with Crippen LogP contribution in [-0.2, 0) is 32.9 Å². The number of ether oxygens (including phenoxy) is 2. The molecule has 0 aliphatic heterocycles. The van der Waals surface area contributed by atoms with Gasteiger partial charge in [-0.1, -0.05) is 116 Å². The van der Waals surface area contributed by atoms with Crippen molar-refractivity contribution in [3.8, 4) is 0 Å². The number of phosphoric ester groups is 1. The van der Waals surface area contributed by atoms with Gasteiger partial charge in [0.1, 0.15) is 6.61 Å². The van der Waals surface area contributed by atoms with Gasteiger partial charge in [0.25, 0.3) is 0 Å². The molecule has 0 unspecified atom stereocenters. The number of hydrogen-bond acceptors (Lipinski definition) is 7. The van der Waals surface area contributed by atoms with E-state index >= 15 is 0 Å². The molecule has 1 amide bonds. The van der Waals surface area contributed by atoms with Gasteiger partial charge in [0.05, 0.1) is 6.61 Å². The monoisotopic (exact) mass is 621 g/mol. The highest BCUT2D eigenvalue weighted by Gasteiger charge is 2.22. The Kier molecular flexibility index (Phi) is 27.3. The molecular formula is C31H60NO9P. The molecule has 10 nitrogen and oxygen atoms in total. The van der Waals surface area contributed by atoms with E-state index in [1.54, 1.807) is 0 Å². The lowest BCUT2D eigenvalue weighted by Crippen LogP contribution is -2.29. The lowest BCUT2D eigenvalue weighted by Gasteiger charge is -2.18. The molecule has 0 radical (unpaired) electrons. The molecular weight excluding hydrogens is 561 g/mol. The Morgan fingerprint density at radius 2 is 1.07 bits per heavy atom. The summed E-state index contributed by atoms with van der Waals surface area (Å²) in [6.45, 7) is 3.64. The molecule has 248 valence electrons. The minimum Gasteiger partial charge on any atom is -0.462 e. The third-order valence-electron chi connectivity index (χ3n) is 7.07. The highest BCUT2D eigenvalue weighted by Crippen LogP contribution is 2.35. The summed E-state index contributed by atoms with van der Waals surface area (Å²) in [6.07, 6.45) is 21.5. The number of carbonyl (C=O) groups excluding carboxylic acids is 3. The van der Waals surface area contributed by atoms with Crippen LogP contribution in [0.2, 0.25) is 0 Å². The van der Waals surface area contributed by atoms with Gasteiger partial charge in [-0.2, -0.15) is 0 Å². The Balaban J connectivity index is 3.98. The number of hydrogen-bond donors (Lipinski definition) is 3. The zero-order chi connectivity index (χ0) is 31.3. The second kappa shape index (κ2) is 28.3. The van der Waals surface area contributed by atoms with E-state index in [0.717, 1.165) is 77.2 Å². The van der Waals surface area contributed by atoms with Crippen molar-refractivity contribution in [1.82, 2.24) is 5.32 Å². The average Bonchev–Trinajstić information content (AvgIpc) is 2.93. The number of esters is 2. The van der Waals surface area contributed by atoms with Gasteiger partial charge in [0.15, 0.2) is 6.10 Å². The van der Waals surface area contributed by atoms with Crippen LogP contribution in [0, 0.1) is 0 Å². The minimum absolute atomic E-state index is 0.0149. The number of rotatable bonds is 30. The fourth-order valence-electron chi connectivity index (χ4n) is 4.63.